The summed E-state index contributed by atoms with van der Waals surface area (Å²) in [6, 6.07) is 14.2. The van der Waals surface area contributed by atoms with Gasteiger partial charge in [-0.05, 0) is 44.2 Å². The quantitative estimate of drug-likeness (QED) is 0.438. The number of fused-ring (bicyclic) bond motifs is 1. The molecule has 0 saturated heterocycles. The van der Waals surface area contributed by atoms with E-state index < -0.39 is 5.97 Å². The van der Waals surface area contributed by atoms with E-state index >= 15 is 0 Å². The number of benzene rings is 2. The van der Waals surface area contributed by atoms with Crippen LogP contribution in [0, 0.1) is 6.92 Å². The number of aryl methyl sites for hydroxylation is 1. The molecule has 9 heteroatoms. The van der Waals surface area contributed by atoms with Crippen molar-refractivity contribution in [2.24, 2.45) is 0 Å². The summed E-state index contributed by atoms with van der Waals surface area (Å²) in [7, 11) is 0. The topological polar surface area (TPSA) is 108 Å². The number of hydrogen-bond acceptors (Lipinski definition) is 6. The Balaban J connectivity index is 1.45. The smallest absolute Gasteiger partial charge is 0.341 e. The van der Waals surface area contributed by atoms with E-state index in [4.69, 9.17) is 4.74 Å². The normalized spacial score (nSPS) is 10.8. The number of amides is 1. The molecule has 1 N–H and O–H groups in total. The van der Waals surface area contributed by atoms with E-state index in [0.29, 0.717) is 33.5 Å². The maximum absolute atomic E-state index is 12.6. The number of anilines is 1. The second kappa shape index (κ2) is 9.47. The van der Waals surface area contributed by atoms with Crippen LogP contribution in [-0.2, 0) is 16.1 Å². The van der Waals surface area contributed by atoms with Gasteiger partial charge in [0.2, 0.25) is 5.91 Å². The number of esters is 1. The number of nitrogens with zero attached hydrogens (tertiary/aromatic N) is 4. The number of ether oxygens (including phenoxy) is 1. The predicted octanol–water partition coefficient (Wildman–Crippen LogP) is 3.10. The van der Waals surface area contributed by atoms with Gasteiger partial charge < -0.3 is 10.1 Å². The zero-order chi connectivity index (χ0) is 23.4. The summed E-state index contributed by atoms with van der Waals surface area (Å²) < 4.78 is 8.10. The summed E-state index contributed by atoms with van der Waals surface area (Å²) in [5.74, 6) is -0.666. The van der Waals surface area contributed by atoms with Crippen molar-refractivity contribution < 1.29 is 14.3 Å². The molecule has 0 radical (unpaired) electrons. The minimum Gasteiger partial charge on any atom is -0.462 e. The maximum atomic E-state index is 12.6. The molecule has 0 aliphatic heterocycles. The van der Waals surface area contributed by atoms with Gasteiger partial charge in [0.05, 0.1) is 41.4 Å². The third kappa shape index (κ3) is 4.67. The third-order valence-corrected chi connectivity index (χ3v) is 5.19. The van der Waals surface area contributed by atoms with Crippen LogP contribution in [0.5, 0.6) is 0 Å². The lowest BCUT2D eigenvalue weighted by Gasteiger charge is -2.10. The Labute approximate surface area is 189 Å². The fraction of sp³-hybridized carbons (Fsp3) is 0.208. The maximum Gasteiger partial charge on any atom is 0.341 e. The lowest BCUT2D eigenvalue weighted by molar-refractivity contribution is -0.116. The second-order valence-corrected chi connectivity index (χ2v) is 7.38. The highest BCUT2D eigenvalue weighted by Crippen LogP contribution is 2.19. The molecular formula is C24H23N5O4. The fourth-order valence-corrected chi connectivity index (χ4v) is 3.51. The van der Waals surface area contributed by atoms with Crippen molar-refractivity contribution in [3.63, 3.8) is 0 Å². The Morgan fingerprint density at radius 3 is 2.76 bits per heavy atom. The van der Waals surface area contributed by atoms with E-state index in [1.165, 1.54) is 17.1 Å². The van der Waals surface area contributed by atoms with Gasteiger partial charge in [-0.15, -0.1) is 0 Å². The summed E-state index contributed by atoms with van der Waals surface area (Å²) in [5, 5.41) is 7.64. The van der Waals surface area contributed by atoms with Crippen LogP contribution in [0.25, 0.3) is 16.6 Å². The monoisotopic (exact) mass is 445 g/mol. The van der Waals surface area contributed by atoms with Crippen molar-refractivity contribution >= 4 is 28.5 Å². The van der Waals surface area contributed by atoms with Crippen LogP contribution in [0.2, 0.25) is 0 Å². The highest BCUT2D eigenvalue weighted by atomic mass is 16.5. The summed E-state index contributed by atoms with van der Waals surface area (Å²) in [6.07, 6.45) is 3.03. The molecule has 0 spiro atoms. The zero-order valence-corrected chi connectivity index (χ0v) is 18.3. The van der Waals surface area contributed by atoms with Crippen LogP contribution in [0.15, 0.2) is 65.8 Å². The van der Waals surface area contributed by atoms with Gasteiger partial charge in [0.25, 0.3) is 5.56 Å². The average molecular weight is 445 g/mol. The lowest BCUT2D eigenvalue weighted by Crippen LogP contribution is -2.23. The first kappa shape index (κ1) is 21.9. The number of carbonyl (C=O) groups excluding carboxylic acids is 2. The molecule has 0 aliphatic carbocycles. The number of hydrogen-bond donors (Lipinski definition) is 1. The van der Waals surface area contributed by atoms with Gasteiger partial charge in [-0.2, -0.15) is 5.10 Å². The van der Waals surface area contributed by atoms with Crippen molar-refractivity contribution in [3.05, 3.63) is 82.7 Å². The molecule has 1 amide bonds. The van der Waals surface area contributed by atoms with Crippen LogP contribution in [0.4, 0.5) is 5.69 Å². The predicted molar refractivity (Wildman–Crippen MR) is 124 cm³/mol. The average Bonchev–Trinajstić information content (AvgIpc) is 3.20. The molecule has 0 fully saturated rings. The molecule has 2 aromatic heterocycles. The Morgan fingerprint density at radius 2 is 1.94 bits per heavy atom. The van der Waals surface area contributed by atoms with E-state index in [1.54, 1.807) is 54.9 Å². The van der Waals surface area contributed by atoms with Gasteiger partial charge in [0.15, 0.2) is 0 Å². The first-order valence-electron chi connectivity index (χ1n) is 10.5. The molecule has 0 atom stereocenters. The summed E-state index contributed by atoms with van der Waals surface area (Å²) in [6.45, 7) is 4.02. The van der Waals surface area contributed by atoms with E-state index in [1.807, 2.05) is 12.1 Å². The van der Waals surface area contributed by atoms with Crippen LogP contribution in [0.1, 0.15) is 29.4 Å². The highest BCUT2D eigenvalue weighted by Gasteiger charge is 2.16. The van der Waals surface area contributed by atoms with Crippen molar-refractivity contribution in [3.8, 4) is 5.69 Å². The van der Waals surface area contributed by atoms with Crippen molar-refractivity contribution in [1.82, 2.24) is 19.3 Å². The minimum absolute atomic E-state index is 0.109. The standard InChI is InChI=1S/C24H23N5O4/c1-3-33-24(32)20-14-26-29(16(20)2)18-8-6-7-17(13-18)27-22(30)11-12-28-15-25-21-10-5-4-9-19(21)23(28)31/h4-10,13-15H,3,11-12H2,1-2H3,(H,27,30). The van der Waals surface area contributed by atoms with Crippen LogP contribution >= 0.6 is 0 Å². The SMILES string of the molecule is CCOC(=O)c1cnn(-c2cccc(NC(=O)CCn3cnc4ccccc4c3=O)c2)c1C. The van der Waals surface area contributed by atoms with E-state index in [9.17, 15) is 14.4 Å². The second-order valence-electron chi connectivity index (χ2n) is 7.38. The fourth-order valence-electron chi connectivity index (χ4n) is 3.51. The molecule has 9 nitrogen and oxygen atoms in total. The zero-order valence-electron chi connectivity index (χ0n) is 18.3. The molecule has 4 aromatic rings. The molecule has 0 aliphatic rings. The van der Waals surface area contributed by atoms with E-state index in [2.05, 4.69) is 15.4 Å². The summed E-state index contributed by atoms with van der Waals surface area (Å²) in [4.78, 5) is 41.4. The number of aromatic nitrogens is 4. The number of carbonyl (C=O) groups is 2. The third-order valence-electron chi connectivity index (χ3n) is 5.19. The molecule has 0 unspecified atom stereocenters. The number of para-hydroxylation sites is 1. The van der Waals surface area contributed by atoms with Crippen molar-refractivity contribution in [2.45, 2.75) is 26.8 Å². The minimum atomic E-state index is -0.427. The Bertz CT molecular complexity index is 1390. The van der Waals surface area contributed by atoms with E-state index in [0.717, 1.165) is 0 Å². The van der Waals surface area contributed by atoms with Crippen LogP contribution in [-0.4, -0.2) is 37.8 Å². The molecule has 0 saturated carbocycles. The van der Waals surface area contributed by atoms with Crippen LogP contribution in [0.3, 0.4) is 0 Å². The van der Waals surface area contributed by atoms with Gasteiger partial charge in [0.1, 0.15) is 5.56 Å². The Kier molecular flexibility index (Phi) is 6.30. The molecular weight excluding hydrogens is 422 g/mol. The first-order valence-corrected chi connectivity index (χ1v) is 10.5. The molecule has 2 heterocycles. The summed E-state index contributed by atoms with van der Waals surface area (Å²) in [5.41, 5.74) is 2.74. The molecule has 168 valence electrons. The van der Waals surface area contributed by atoms with E-state index in [-0.39, 0.29) is 31.0 Å². The van der Waals surface area contributed by atoms with Gasteiger partial charge in [-0.3, -0.25) is 14.2 Å². The van der Waals surface area contributed by atoms with Crippen molar-refractivity contribution in [2.75, 3.05) is 11.9 Å². The highest BCUT2D eigenvalue weighted by molar-refractivity contribution is 5.91. The Morgan fingerprint density at radius 1 is 1.12 bits per heavy atom. The molecule has 4 rings (SSSR count). The first-order chi connectivity index (χ1) is 16.0. The summed E-state index contributed by atoms with van der Waals surface area (Å²) >= 11 is 0. The largest absolute Gasteiger partial charge is 0.462 e. The van der Waals surface area contributed by atoms with Gasteiger partial charge in [-0.1, -0.05) is 18.2 Å². The number of rotatable bonds is 7. The lowest BCUT2D eigenvalue weighted by atomic mass is 10.2. The molecule has 33 heavy (non-hydrogen) atoms. The Hall–Kier alpha value is -4.27. The number of nitrogens with one attached hydrogen (secondary N) is 1. The van der Waals surface area contributed by atoms with Gasteiger partial charge in [-0.25, -0.2) is 14.5 Å². The van der Waals surface area contributed by atoms with Crippen molar-refractivity contribution in [1.29, 1.82) is 0 Å². The molecule has 0 bridgehead atoms. The van der Waals surface area contributed by atoms with Gasteiger partial charge in [0, 0.05) is 18.7 Å². The molecule has 2 aromatic carbocycles. The van der Waals surface area contributed by atoms with Gasteiger partial charge >= 0.3 is 5.97 Å². The van der Waals surface area contributed by atoms with Crippen LogP contribution < -0.4 is 10.9 Å².